The van der Waals surface area contributed by atoms with Gasteiger partial charge in [-0.25, -0.2) is 0 Å². The maximum Gasteiger partial charge on any atom is 0.187 e. The van der Waals surface area contributed by atoms with E-state index in [0.717, 1.165) is 5.56 Å². The quantitative estimate of drug-likeness (QED) is 0.667. The van der Waals surface area contributed by atoms with Gasteiger partial charge in [0.25, 0.3) is 0 Å². The summed E-state index contributed by atoms with van der Waals surface area (Å²) in [5.74, 6) is -0.467. The number of hydrogen-bond donors (Lipinski definition) is 0. The van der Waals surface area contributed by atoms with Crippen LogP contribution in [0.15, 0.2) is 30.3 Å². The molecular weight excluding hydrogens is 171 g/mol. The van der Waals surface area contributed by atoms with Crippen molar-refractivity contribution in [2.45, 2.75) is 12.5 Å². The standard InChI is InChI=1S/C9H10O2P/c1-8(12-10)11-7-9-5-3-2-4-6-9/h2-6,8H,1,7H2. The van der Waals surface area contributed by atoms with E-state index in [1.54, 1.807) is 0 Å². The Bertz CT molecular complexity index is 236. The zero-order chi connectivity index (χ0) is 8.81. The molecule has 0 aromatic heterocycles. The highest BCUT2D eigenvalue weighted by molar-refractivity contribution is 7.24. The molecule has 0 aliphatic heterocycles. The fraction of sp³-hybridized carbons (Fsp3) is 0.222. The van der Waals surface area contributed by atoms with Crippen molar-refractivity contribution in [3.05, 3.63) is 42.8 Å². The molecule has 1 aromatic rings. The van der Waals surface area contributed by atoms with Gasteiger partial charge in [0.2, 0.25) is 0 Å². The van der Waals surface area contributed by atoms with Crippen LogP contribution in [0.5, 0.6) is 0 Å². The van der Waals surface area contributed by atoms with Gasteiger partial charge in [-0.1, -0.05) is 30.3 Å². The lowest BCUT2D eigenvalue weighted by Crippen LogP contribution is -1.99. The average molecular weight is 181 g/mol. The summed E-state index contributed by atoms with van der Waals surface area (Å²) in [5.41, 5.74) is 1.06. The minimum Gasteiger partial charge on any atom is -0.361 e. The van der Waals surface area contributed by atoms with Crippen LogP contribution < -0.4 is 0 Å². The molecule has 1 unspecified atom stereocenters. The van der Waals surface area contributed by atoms with E-state index in [1.165, 1.54) is 0 Å². The minimum absolute atomic E-state index is 0.0697. The molecule has 1 aromatic carbocycles. The van der Waals surface area contributed by atoms with Crippen molar-refractivity contribution in [2.24, 2.45) is 0 Å². The third-order valence-electron chi connectivity index (χ3n) is 1.40. The van der Waals surface area contributed by atoms with E-state index in [4.69, 9.17) is 4.74 Å². The number of hydrogen-bond acceptors (Lipinski definition) is 2. The lowest BCUT2D eigenvalue weighted by molar-refractivity contribution is 0.121. The van der Waals surface area contributed by atoms with E-state index in [1.807, 2.05) is 30.3 Å². The normalized spacial score (nSPS) is 13.1. The van der Waals surface area contributed by atoms with Gasteiger partial charge in [0.15, 0.2) is 8.46 Å². The van der Waals surface area contributed by atoms with Gasteiger partial charge >= 0.3 is 0 Å². The summed E-state index contributed by atoms with van der Waals surface area (Å²) < 4.78 is 15.4. The molecule has 0 N–H and O–H groups in total. The summed E-state index contributed by atoms with van der Waals surface area (Å²) in [6.07, 6.45) is 0. The molecule has 1 radical (unpaired) electrons. The van der Waals surface area contributed by atoms with Crippen molar-refractivity contribution in [3.8, 4) is 0 Å². The van der Waals surface area contributed by atoms with Crippen LogP contribution in [0.1, 0.15) is 5.56 Å². The molecule has 0 aliphatic rings. The molecule has 0 spiro atoms. The van der Waals surface area contributed by atoms with Gasteiger partial charge in [-0.05, 0) is 12.5 Å². The van der Waals surface area contributed by atoms with Gasteiger partial charge in [0.1, 0.15) is 5.85 Å². The second-order valence-corrected chi connectivity index (χ2v) is 3.14. The molecule has 12 heavy (non-hydrogen) atoms. The van der Waals surface area contributed by atoms with Gasteiger partial charge in [-0.2, -0.15) is 0 Å². The van der Waals surface area contributed by atoms with Gasteiger partial charge in [0.05, 0.1) is 6.61 Å². The molecule has 0 bridgehead atoms. The SMILES string of the molecule is [CH2]C(OCc1ccccc1)P=O. The minimum atomic E-state index is -0.467. The van der Waals surface area contributed by atoms with Crippen LogP contribution in [0.4, 0.5) is 0 Å². The summed E-state index contributed by atoms with van der Waals surface area (Å²) >= 11 is 0. The number of ether oxygens (including phenoxy) is 1. The Morgan fingerprint density at radius 1 is 1.42 bits per heavy atom. The molecule has 0 amide bonds. The molecule has 3 heteroatoms. The lowest BCUT2D eigenvalue weighted by Gasteiger charge is -2.04. The number of benzene rings is 1. The summed E-state index contributed by atoms with van der Waals surface area (Å²) in [6.45, 7) is 3.99. The molecule has 0 saturated carbocycles. The van der Waals surface area contributed by atoms with E-state index >= 15 is 0 Å². The third-order valence-corrected chi connectivity index (χ3v) is 1.79. The predicted molar refractivity (Wildman–Crippen MR) is 48.0 cm³/mol. The molecule has 0 aliphatic carbocycles. The smallest absolute Gasteiger partial charge is 0.187 e. The Balaban J connectivity index is 2.38. The fourth-order valence-electron chi connectivity index (χ4n) is 0.797. The van der Waals surface area contributed by atoms with Crippen LogP contribution in [0, 0.1) is 6.92 Å². The maximum atomic E-state index is 10.2. The van der Waals surface area contributed by atoms with Crippen LogP contribution >= 0.6 is 8.46 Å². The monoisotopic (exact) mass is 181 g/mol. The van der Waals surface area contributed by atoms with E-state index < -0.39 is 5.85 Å². The van der Waals surface area contributed by atoms with Gasteiger partial charge in [-0.3, -0.25) is 4.57 Å². The lowest BCUT2D eigenvalue weighted by atomic mass is 10.2. The van der Waals surface area contributed by atoms with Crippen molar-refractivity contribution in [1.29, 1.82) is 0 Å². The summed E-state index contributed by atoms with van der Waals surface area (Å²) in [5, 5.41) is 0. The Labute approximate surface area is 73.8 Å². The zero-order valence-electron chi connectivity index (χ0n) is 6.64. The summed E-state index contributed by atoms with van der Waals surface area (Å²) in [6, 6.07) is 9.72. The van der Waals surface area contributed by atoms with E-state index in [0.29, 0.717) is 6.61 Å². The highest BCUT2D eigenvalue weighted by Gasteiger charge is 1.99. The number of rotatable bonds is 4. The van der Waals surface area contributed by atoms with Crippen LogP contribution in [0.25, 0.3) is 0 Å². The second kappa shape index (κ2) is 5.02. The largest absolute Gasteiger partial charge is 0.361 e. The molecule has 0 saturated heterocycles. The topological polar surface area (TPSA) is 26.3 Å². The first-order valence-electron chi connectivity index (χ1n) is 3.64. The highest BCUT2D eigenvalue weighted by atomic mass is 31.1. The summed E-state index contributed by atoms with van der Waals surface area (Å²) in [4.78, 5) is 0. The fourth-order valence-corrected chi connectivity index (χ4v) is 0.932. The molecule has 1 atom stereocenters. The molecule has 1 rings (SSSR count). The Hall–Kier alpha value is -0.720. The maximum absolute atomic E-state index is 10.2. The highest BCUT2D eigenvalue weighted by Crippen LogP contribution is 2.09. The molecular formula is C9H10O2P. The first-order valence-corrected chi connectivity index (χ1v) is 4.52. The third kappa shape index (κ3) is 3.12. The van der Waals surface area contributed by atoms with E-state index in [2.05, 4.69) is 6.92 Å². The van der Waals surface area contributed by atoms with Crippen molar-refractivity contribution in [3.63, 3.8) is 0 Å². The van der Waals surface area contributed by atoms with Crippen molar-refractivity contribution >= 4 is 8.46 Å². The van der Waals surface area contributed by atoms with Crippen LogP contribution in [0.3, 0.4) is 0 Å². The average Bonchev–Trinajstić information content (AvgIpc) is 2.16. The van der Waals surface area contributed by atoms with Crippen LogP contribution in [-0.2, 0) is 15.9 Å². The molecule has 0 fully saturated rings. The van der Waals surface area contributed by atoms with Crippen LogP contribution in [0.2, 0.25) is 0 Å². The van der Waals surface area contributed by atoms with Crippen molar-refractivity contribution < 1.29 is 9.30 Å². The second-order valence-electron chi connectivity index (χ2n) is 2.36. The predicted octanol–water partition coefficient (Wildman–Crippen LogP) is 2.66. The van der Waals surface area contributed by atoms with Gasteiger partial charge < -0.3 is 4.74 Å². The molecule has 0 heterocycles. The molecule has 63 valence electrons. The Kier molecular flexibility index (Phi) is 3.92. The van der Waals surface area contributed by atoms with Gasteiger partial charge in [0, 0.05) is 0 Å². The first kappa shape index (κ1) is 9.37. The Morgan fingerprint density at radius 2 is 2.08 bits per heavy atom. The Morgan fingerprint density at radius 3 is 2.67 bits per heavy atom. The van der Waals surface area contributed by atoms with E-state index in [9.17, 15) is 4.57 Å². The summed E-state index contributed by atoms with van der Waals surface area (Å²) in [7, 11) is -0.0697. The zero-order valence-corrected chi connectivity index (χ0v) is 7.54. The van der Waals surface area contributed by atoms with Crippen molar-refractivity contribution in [2.75, 3.05) is 0 Å². The van der Waals surface area contributed by atoms with E-state index in [-0.39, 0.29) is 8.46 Å². The van der Waals surface area contributed by atoms with Crippen molar-refractivity contribution in [1.82, 2.24) is 0 Å². The first-order chi connectivity index (χ1) is 5.83. The molecule has 2 nitrogen and oxygen atoms in total. The van der Waals surface area contributed by atoms with Gasteiger partial charge in [-0.15, -0.1) is 0 Å². The van der Waals surface area contributed by atoms with Crippen LogP contribution in [-0.4, -0.2) is 5.85 Å².